The number of likely N-dealkylation sites (N-methyl/N-ethyl adjacent to an activating group) is 2. The minimum Gasteiger partial charge on any atom is -0.379 e. The van der Waals surface area contributed by atoms with Crippen LogP contribution in [0.5, 0.6) is 0 Å². The summed E-state index contributed by atoms with van der Waals surface area (Å²) in [4.78, 5) is 121. The summed E-state index contributed by atoms with van der Waals surface area (Å²) in [5.74, 6) is -2.44. The minimum absolute atomic E-state index is 0.00831. The number of piperidine rings is 1. The Morgan fingerprint density at radius 1 is 0.716 bits per heavy atom. The van der Waals surface area contributed by atoms with Gasteiger partial charge in [-0.05, 0) is 114 Å². The van der Waals surface area contributed by atoms with Crippen LogP contribution >= 0.6 is 0 Å². The van der Waals surface area contributed by atoms with Crippen LogP contribution in [0, 0.1) is 29.6 Å². The van der Waals surface area contributed by atoms with Crippen LogP contribution in [0.2, 0.25) is 0 Å². The van der Waals surface area contributed by atoms with Gasteiger partial charge in [0.1, 0.15) is 18.3 Å². The zero-order valence-corrected chi connectivity index (χ0v) is 55.7. The average Bonchev–Trinajstić information content (AvgIpc) is 4.07. The molecule has 1 saturated carbocycles. The van der Waals surface area contributed by atoms with Crippen LogP contribution in [0.1, 0.15) is 177 Å². The van der Waals surface area contributed by atoms with Crippen molar-refractivity contribution in [2.45, 2.75) is 239 Å². The maximum absolute atomic E-state index is 14.4. The zero-order chi connectivity index (χ0) is 65.2. The van der Waals surface area contributed by atoms with Gasteiger partial charge in [0.25, 0.3) is 0 Å². The van der Waals surface area contributed by atoms with E-state index in [4.69, 9.17) is 14.3 Å². The number of amides is 8. The van der Waals surface area contributed by atoms with Crippen LogP contribution in [-0.2, 0) is 59.3 Å². The van der Waals surface area contributed by atoms with E-state index in [9.17, 15) is 43.5 Å². The zero-order valence-electron chi connectivity index (χ0n) is 55.7. The Morgan fingerprint density at radius 3 is 1.94 bits per heavy atom. The number of hydroxylamine groups is 1. The average molecular weight is 1240 g/mol. The molecule has 0 spiro atoms. The molecule has 22 nitrogen and oxygen atoms in total. The number of likely N-dealkylation sites (tertiary alicyclic amines) is 2. The van der Waals surface area contributed by atoms with Crippen LogP contribution in [0.3, 0.4) is 0 Å². The van der Waals surface area contributed by atoms with Gasteiger partial charge in [-0.3, -0.25) is 48.1 Å². The molecule has 4 rings (SSSR count). The molecular formula is C66H112N10O12. The first-order valence-electron chi connectivity index (χ1n) is 32.7. The van der Waals surface area contributed by atoms with Gasteiger partial charge in [0.2, 0.25) is 47.3 Å². The molecule has 498 valence electrons. The first kappa shape index (κ1) is 74.9. The maximum Gasteiger partial charge on any atom is 0.246 e. The predicted molar refractivity (Wildman–Crippen MR) is 341 cm³/mol. The number of benzene rings is 1. The monoisotopic (exact) mass is 1240 g/mol. The second-order valence-electron chi connectivity index (χ2n) is 25.9. The second kappa shape index (κ2) is 38.2. The number of carbonyl (C=O) groups is 8. The Labute approximate surface area is 525 Å². The molecule has 8 amide bonds. The standard InChI is InChI=1S/C66H112N10O12/c1-15-44(7)60(74(12)66(85)52(16-2)71-65(84)59(43(5)6)73(10)11)54(86-13)40-58(80)76-36-22-25-53(76)61(87-14)45(8)62(81)70-51(39-42(3)4)30-31-56(78)72-88-41-47-26-28-50(29-27-47)68-63(82)46(9)67-55(77)32-33-57(79)75-37-34-48(35-38-75)64(83)69-49-23-20-18-17-19-21-24-49/h26-31,42-46,48-49,51-54,56,59-61,72,78H,15-25,32-41H2,1-14H3,(H,67,77)(H,68,82)(H,69,83)(H,70,81)(H,71,84). The number of methoxy groups -OCH3 is 2. The lowest BCUT2D eigenvalue weighted by Crippen LogP contribution is -2.58. The molecule has 3 aliphatic rings. The van der Waals surface area contributed by atoms with Crippen molar-refractivity contribution >= 4 is 52.9 Å². The smallest absolute Gasteiger partial charge is 0.246 e. The summed E-state index contributed by atoms with van der Waals surface area (Å²) in [5.41, 5.74) is 3.83. The van der Waals surface area contributed by atoms with Crippen LogP contribution in [0.15, 0.2) is 36.4 Å². The van der Waals surface area contributed by atoms with E-state index >= 15 is 0 Å². The third-order valence-electron chi connectivity index (χ3n) is 18.0. The van der Waals surface area contributed by atoms with Crippen molar-refractivity contribution in [3.05, 3.63) is 42.0 Å². The van der Waals surface area contributed by atoms with E-state index in [1.54, 1.807) is 80.2 Å². The molecule has 2 saturated heterocycles. The van der Waals surface area contributed by atoms with Gasteiger partial charge in [0, 0.05) is 77.4 Å². The van der Waals surface area contributed by atoms with E-state index < -0.39 is 72.4 Å². The number of aliphatic hydroxyl groups excluding tert-OH is 1. The summed E-state index contributed by atoms with van der Waals surface area (Å²) in [5, 5.41) is 25.7. The summed E-state index contributed by atoms with van der Waals surface area (Å²) in [6, 6.07) is 3.72. The number of rotatable bonds is 34. The van der Waals surface area contributed by atoms with E-state index in [2.05, 4.69) is 32.1 Å². The molecule has 11 atom stereocenters. The summed E-state index contributed by atoms with van der Waals surface area (Å²) in [6.07, 6.45) is 12.9. The number of nitrogens with zero attached hydrogens (tertiary/aromatic N) is 4. The quantitative estimate of drug-likeness (QED) is 0.0230. The summed E-state index contributed by atoms with van der Waals surface area (Å²) in [6.45, 7) is 18.8. The number of hydrogen-bond donors (Lipinski definition) is 7. The van der Waals surface area contributed by atoms with Crippen molar-refractivity contribution < 1.29 is 57.8 Å². The van der Waals surface area contributed by atoms with E-state index in [1.165, 1.54) is 25.3 Å². The van der Waals surface area contributed by atoms with Crippen molar-refractivity contribution in [3.8, 4) is 0 Å². The van der Waals surface area contributed by atoms with Crippen molar-refractivity contribution in [2.24, 2.45) is 29.6 Å². The topological polar surface area (TPSA) is 270 Å². The fourth-order valence-corrected chi connectivity index (χ4v) is 12.8. The lowest BCUT2D eigenvalue weighted by molar-refractivity contribution is -0.147. The van der Waals surface area contributed by atoms with Crippen molar-refractivity contribution in [3.63, 3.8) is 0 Å². The highest BCUT2D eigenvalue weighted by Gasteiger charge is 2.43. The highest BCUT2D eigenvalue weighted by Crippen LogP contribution is 2.30. The van der Waals surface area contributed by atoms with Crippen LogP contribution in [0.4, 0.5) is 5.69 Å². The molecule has 0 aromatic heterocycles. The molecule has 0 radical (unpaired) electrons. The molecule has 88 heavy (non-hydrogen) atoms. The molecule has 1 aromatic rings. The van der Waals surface area contributed by atoms with Crippen molar-refractivity contribution in [1.29, 1.82) is 0 Å². The fraction of sp³-hybridized carbons (Fsp3) is 0.758. The number of anilines is 1. The minimum atomic E-state index is -1.23. The molecule has 0 bridgehead atoms. The first-order chi connectivity index (χ1) is 41.8. The van der Waals surface area contributed by atoms with Crippen molar-refractivity contribution in [2.75, 3.05) is 60.3 Å². The normalized spacial score (nSPS) is 19.8. The van der Waals surface area contributed by atoms with Gasteiger partial charge in [-0.25, -0.2) is 0 Å². The van der Waals surface area contributed by atoms with E-state index in [0.717, 1.165) is 31.2 Å². The third kappa shape index (κ3) is 23.7. The predicted octanol–water partition coefficient (Wildman–Crippen LogP) is 6.21. The molecule has 7 N–H and O–H groups in total. The Hall–Kier alpha value is -5.52. The fourth-order valence-electron chi connectivity index (χ4n) is 12.8. The summed E-state index contributed by atoms with van der Waals surface area (Å²) in [7, 11) is 8.50. The summed E-state index contributed by atoms with van der Waals surface area (Å²) < 4.78 is 12.1. The van der Waals surface area contributed by atoms with Gasteiger partial charge in [0.05, 0.1) is 49.3 Å². The molecule has 2 heterocycles. The second-order valence-corrected chi connectivity index (χ2v) is 25.9. The highest BCUT2D eigenvalue weighted by atomic mass is 16.7. The summed E-state index contributed by atoms with van der Waals surface area (Å²) >= 11 is 0. The van der Waals surface area contributed by atoms with E-state index in [0.29, 0.717) is 70.3 Å². The number of ether oxygens (including phenoxy) is 2. The molecule has 11 unspecified atom stereocenters. The Morgan fingerprint density at radius 2 is 1.36 bits per heavy atom. The SMILES string of the molecule is CCC(NC(=O)C(C(C)C)N(C)C)C(=O)N(C)C(C(C)CC)C(CC(=O)N1CCCC1C(OC)C(C)C(=O)NC(C=CC(O)NOCc1ccc(NC(=O)C(C)NC(=O)CCC(=O)N2CCC(C(=O)NC3CCCCCCC3)CC2)cc1)CC(C)C)OC. The van der Waals surface area contributed by atoms with Gasteiger partial charge >= 0.3 is 0 Å². The first-order valence-corrected chi connectivity index (χ1v) is 32.7. The molecule has 22 heteroatoms. The van der Waals surface area contributed by atoms with Crippen LogP contribution < -0.4 is 32.1 Å². The van der Waals surface area contributed by atoms with Gasteiger partial charge < -0.3 is 55.9 Å². The Kier molecular flexibility index (Phi) is 32.6. The molecule has 2 aliphatic heterocycles. The highest BCUT2D eigenvalue weighted by molar-refractivity contribution is 5.97. The number of carbonyl (C=O) groups excluding carboxylic acids is 8. The number of aliphatic hydroxyl groups is 1. The van der Waals surface area contributed by atoms with Gasteiger partial charge in [0.15, 0.2) is 0 Å². The van der Waals surface area contributed by atoms with Gasteiger partial charge in [-0.15, -0.1) is 0 Å². The molecule has 3 fully saturated rings. The molecular weight excluding hydrogens is 1120 g/mol. The Balaban J connectivity index is 1.23. The van der Waals surface area contributed by atoms with Crippen molar-refractivity contribution in [1.82, 2.24) is 46.3 Å². The number of hydrogen-bond acceptors (Lipinski definition) is 14. The largest absolute Gasteiger partial charge is 0.379 e. The van der Waals surface area contributed by atoms with E-state index in [1.807, 2.05) is 67.5 Å². The Bertz CT molecular complexity index is 2370. The van der Waals surface area contributed by atoms with Gasteiger partial charge in [-0.1, -0.05) is 112 Å². The lowest BCUT2D eigenvalue weighted by atomic mass is 9.89. The van der Waals surface area contributed by atoms with Gasteiger partial charge in [-0.2, -0.15) is 5.48 Å². The van der Waals surface area contributed by atoms with E-state index in [-0.39, 0.29) is 91.0 Å². The van der Waals surface area contributed by atoms with Crippen LogP contribution in [-0.4, -0.2) is 188 Å². The van der Waals surface area contributed by atoms with Crippen LogP contribution in [0.25, 0.3) is 0 Å². The molecule has 1 aromatic carbocycles. The third-order valence-corrected chi connectivity index (χ3v) is 18.0. The molecule has 1 aliphatic carbocycles. The maximum atomic E-state index is 14.4. The lowest BCUT2D eigenvalue weighted by Gasteiger charge is -2.40. The number of nitrogens with one attached hydrogen (secondary N) is 6.